The summed E-state index contributed by atoms with van der Waals surface area (Å²) in [5.74, 6) is 0.637. The molecule has 1 saturated heterocycles. The molecular formula is C15H19N5S. The summed E-state index contributed by atoms with van der Waals surface area (Å²) in [5.41, 5.74) is 7.29. The standard InChI is InChI=1S/C15H19N5S/c16-14(18-12-13-4-2-1-3-5-13)19-7-9-20(10-8-19)15-17-6-11-21-15/h1-6,11H,7-10,12H2,(H2,16,18). The van der Waals surface area contributed by atoms with Crippen molar-refractivity contribution >= 4 is 22.4 Å². The van der Waals surface area contributed by atoms with Crippen LogP contribution in [0, 0.1) is 0 Å². The molecule has 0 spiro atoms. The summed E-state index contributed by atoms with van der Waals surface area (Å²) in [4.78, 5) is 13.3. The van der Waals surface area contributed by atoms with Crippen LogP contribution in [0.15, 0.2) is 46.9 Å². The van der Waals surface area contributed by atoms with Gasteiger partial charge in [-0.1, -0.05) is 30.3 Å². The normalized spacial score (nSPS) is 16.3. The second-order valence-corrected chi connectivity index (χ2v) is 5.82. The van der Waals surface area contributed by atoms with Crippen LogP contribution in [0.2, 0.25) is 0 Å². The summed E-state index contributed by atoms with van der Waals surface area (Å²) in [6.45, 7) is 4.30. The zero-order chi connectivity index (χ0) is 14.5. The zero-order valence-electron chi connectivity index (χ0n) is 11.9. The van der Waals surface area contributed by atoms with Gasteiger partial charge in [-0.15, -0.1) is 11.3 Å². The molecule has 21 heavy (non-hydrogen) atoms. The van der Waals surface area contributed by atoms with Gasteiger partial charge in [0, 0.05) is 37.8 Å². The molecule has 0 saturated carbocycles. The molecule has 0 bridgehead atoms. The second kappa shape index (κ2) is 6.58. The van der Waals surface area contributed by atoms with E-state index in [9.17, 15) is 0 Å². The van der Waals surface area contributed by atoms with Gasteiger partial charge in [-0.2, -0.15) is 0 Å². The van der Waals surface area contributed by atoms with Crippen molar-refractivity contribution in [1.82, 2.24) is 9.88 Å². The molecule has 2 N–H and O–H groups in total. The molecule has 1 aromatic carbocycles. The SMILES string of the molecule is NC(=NCc1ccccc1)N1CCN(c2nccs2)CC1. The maximum Gasteiger partial charge on any atom is 0.191 e. The fraction of sp³-hybridized carbons (Fsp3) is 0.333. The van der Waals surface area contributed by atoms with Crippen LogP contribution in [0.3, 0.4) is 0 Å². The summed E-state index contributed by atoms with van der Waals surface area (Å²) in [5, 5.41) is 3.10. The number of guanidine groups is 1. The van der Waals surface area contributed by atoms with Gasteiger partial charge in [-0.05, 0) is 5.56 Å². The van der Waals surface area contributed by atoms with Crippen LogP contribution in [0.5, 0.6) is 0 Å². The zero-order valence-corrected chi connectivity index (χ0v) is 12.7. The van der Waals surface area contributed by atoms with Gasteiger partial charge in [0.25, 0.3) is 0 Å². The minimum absolute atomic E-state index is 0.637. The highest BCUT2D eigenvalue weighted by Crippen LogP contribution is 2.18. The van der Waals surface area contributed by atoms with Crippen molar-refractivity contribution < 1.29 is 0 Å². The average Bonchev–Trinajstić information content (AvgIpc) is 3.08. The molecule has 6 heteroatoms. The molecule has 0 amide bonds. The van der Waals surface area contributed by atoms with Gasteiger partial charge in [0.2, 0.25) is 0 Å². The number of anilines is 1. The van der Waals surface area contributed by atoms with E-state index in [0.717, 1.165) is 31.3 Å². The highest BCUT2D eigenvalue weighted by atomic mass is 32.1. The summed E-state index contributed by atoms with van der Waals surface area (Å²) >= 11 is 1.68. The topological polar surface area (TPSA) is 57.8 Å². The summed E-state index contributed by atoms with van der Waals surface area (Å²) in [6.07, 6.45) is 1.85. The molecular weight excluding hydrogens is 282 g/mol. The minimum atomic E-state index is 0.637. The Balaban J connectivity index is 1.54. The van der Waals surface area contributed by atoms with Gasteiger partial charge in [-0.25, -0.2) is 9.98 Å². The van der Waals surface area contributed by atoms with Crippen molar-refractivity contribution in [1.29, 1.82) is 0 Å². The molecule has 110 valence electrons. The van der Waals surface area contributed by atoms with Crippen LogP contribution >= 0.6 is 11.3 Å². The Kier molecular flexibility index (Phi) is 4.35. The fourth-order valence-electron chi connectivity index (χ4n) is 2.35. The number of nitrogens with two attached hydrogens (primary N) is 1. The van der Waals surface area contributed by atoms with Gasteiger partial charge in [-0.3, -0.25) is 0 Å². The third-order valence-corrected chi connectivity index (χ3v) is 4.39. The number of hydrogen-bond donors (Lipinski definition) is 1. The van der Waals surface area contributed by atoms with Crippen molar-refractivity contribution in [2.75, 3.05) is 31.1 Å². The molecule has 1 aromatic heterocycles. The van der Waals surface area contributed by atoms with Crippen LogP contribution in [-0.4, -0.2) is 42.0 Å². The van der Waals surface area contributed by atoms with Gasteiger partial charge in [0.1, 0.15) is 0 Å². The Morgan fingerprint density at radius 1 is 1.19 bits per heavy atom. The number of piperazine rings is 1. The van der Waals surface area contributed by atoms with E-state index >= 15 is 0 Å². The van der Waals surface area contributed by atoms with Crippen molar-refractivity contribution in [3.63, 3.8) is 0 Å². The number of nitrogens with zero attached hydrogens (tertiary/aromatic N) is 4. The van der Waals surface area contributed by atoms with Crippen LogP contribution in [0.4, 0.5) is 5.13 Å². The predicted molar refractivity (Wildman–Crippen MR) is 87.7 cm³/mol. The van der Waals surface area contributed by atoms with E-state index in [1.807, 2.05) is 29.8 Å². The molecule has 5 nitrogen and oxygen atoms in total. The monoisotopic (exact) mass is 301 g/mol. The number of aliphatic imine (C=N–C) groups is 1. The highest BCUT2D eigenvalue weighted by molar-refractivity contribution is 7.13. The first-order valence-corrected chi connectivity index (χ1v) is 7.94. The quantitative estimate of drug-likeness (QED) is 0.693. The third kappa shape index (κ3) is 3.52. The predicted octanol–water partition coefficient (Wildman–Crippen LogP) is 1.78. The van der Waals surface area contributed by atoms with E-state index in [0.29, 0.717) is 12.5 Å². The van der Waals surface area contributed by atoms with Gasteiger partial charge in [0.15, 0.2) is 11.1 Å². The summed E-state index contributed by atoms with van der Waals surface area (Å²) in [7, 11) is 0. The Bertz CT molecular complexity index is 573. The summed E-state index contributed by atoms with van der Waals surface area (Å²) in [6, 6.07) is 10.2. The van der Waals surface area contributed by atoms with Gasteiger partial charge in [0.05, 0.1) is 6.54 Å². The van der Waals surface area contributed by atoms with Crippen LogP contribution in [0.25, 0.3) is 0 Å². The highest BCUT2D eigenvalue weighted by Gasteiger charge is 2.19. The lowest BCUT2D eigenvalue weighted by Gasteiger charge is -2.35. The smallest absolute Gasteiger partial charge is 0.191 e. The van der Waals surface area contributed by atoms with Gasteiger partial charge >= 0.3 is 0 Å². The molecule has 1 aliphatic heterocycles. The Hall–Kier alpha value is -2.08. The first kappa shape index (κ1) is 13.9. The average molecular weight is 301 g/mol. The van der Waals surface area contributed by atoms with Crippen molar-refractivity contribution in [3.8, 4) is 0 Å². The maximum absolute atomic E-state index is 6.10. The van der Waals surface area contributed by atoms with Crippen LogP contribution < -0.4 is 10.6 Å². The second-order valence-electron chi connectivity index (χ2n) is 4.95. The Labute approximate surface area is 128 Å². The molecule has 0 aliphatic carbocycles. The molecule has 2 aromatic rings. The third-order valence-electron chi connectivity index (χ3n) is 3.56. The lowest BCUT2D eigenvalue weighted by Crippen LogP contribution is -2.51. The number of benzene rings is 1. The number of aromatic nitrogens is 1. The number of rotatable bonds is 3. The van der Waals surface area contributed by atoms with E-state index in [2.05, 4.69) is 31.9 Å². The molecule has 0 unspecified atom stereocenters. The van der Waals surface area contributed by atoms with E-state index in [4.69, 9.17) is 5.73 Å². The molecule has 3 rings (SSSR count). The first-order valence-electron chi connectivity index (χ1n) is 7.06. The maximum atomic E-state index is 6.10. The Morgan fingerprint density at radius 2 is 1.95 bits per heavy atom. The van der Waals surface area contributed by atoms with Crippen molar-refractivity contribution in [2.24, 2.45) is 10.7 Å². The minimum Gasteiger partial charge on any atom is -0.370 e. The number of thiazole rings is 1. The molecule has 2 heterocycles. The summed E-state index contributed by atoms with van der Waals surface area (Å²) < 4.78 is 0. The first-order chi connectivity index (χ1) is 10.3. The van der Waals surface area contributed by atoms with Crippen molar-refractivity contribution in [3.05, 3.63) is 47.5 Å². The lowest BCUT2D eigenvalue weighted by molar-refractivity contribution is 0.380. The molecule has 1 fully saturated rings. The van der Waals surface area contributed by atoms with Gasteiger partial charge < -0.3 is 15.5 Å². The van der Waals surface area contributed by atoms with E-state index in [-0.39, 0.29) is 0 Å². The van der Waals surface area contributed by atoms with Crippen LogP contribution in [0.1, 0.15) is 5.56 Å². The Morgan fingerprint density at radius 3 is 2.62 bits per heavy atom. The molecule has 1 aliphatic rings. The van der Waals surface area contributed by atoms with Crippen LogP contribution in [-0.2, 0) is 6.54 Å². The number of hydrogen-bond acceptors (Lipinski definition) is 4. The van der Waals surface area contributed by atoms with E-state index < -0.39 is 0 Å². The molecule has 0 atom stereocenters. The fourth-order valence-corrected chi connectivity index (χ4v) is 3.05. The van der Waals surface area contributed by atoms with Crippen molar-refractivity contribution in [2.45, 2.75) is 6.54 Å². The lowest BCUT2D eigenvalue weighted by atomic mass is 10.2. The van der Waals surface area contributed by atoms with E-state index in [1.165, 1.54) is 5.56 Å². The molecule has 0 radical (unpaired) electrons. The largest absolute Gasteiger partial charge is 0.370 e. The van der Waals surface area contributed by atoms with E-state index in [1.54, 1.807) is 11.3 Å².